The molecule has 3 rings (SSSR count). The lowest BCUT2D eigenvalue weighted by molar-refractivity contribution is 0.0943. The summed E-state index contributed by atoms with van der Waals surface area (Å²) < 4.78 is 27.1. The zero-order valence-corrected chi connectivity index (χ0v) is 19.1. The second-order valence-electron chi connectivity index (χ2n) is 7.87. The van der Waals surface area contributed by atoms with Crippen molar-refractivity contribution in [2.75, 3.05) is 13.1 Å². The molecule has 2 bridgehead atoms. The Morgan fingerprint density at radius 1 is 1.07 bits per heavy atom. The minimum atomic E-state index is -3.56. The van der Waals surface area contributed by atoms with Crippen molar-refractivity contribution in [3.8, 4) is 0 Å². The van der Waals surface area contributed by atoms with Gasteiger partial charge in [-0.05, 0) is 74.0 Å². The fourth-order valence-electron chi connectivity index (χ4n) is 4.12. The maximum atomic E-state index is 12.8. The van der Waals surface area contributed by atoms with E-state index in [-0.39, 0.29) is 10.8 Å². The van der Waals surface area contributed by atoms with Gasteiger partial charge in [0, 0.05) is 24.7 Å². The summed E-state index contributed by atoms with van der Waals surface area (Å²) in [6.45, 7) is 4.86. The molecule has 9 heteroatoms. The van der Waals surface area contributed by atoms with Gasteiger partial charge in [0.15, 0.2) is 5.11 Å². The molecule has 1 amide bonds. The lowest BCUT2D eigenvalue weighted by atomic mass is 10.0. The number of hydrogen-bond acceptors (Lipinski definition) is 4. The summed E-state index contributed by atoms with van der Waals surface area (Å²) in [6.07, 6.45) is 8.20. The number of carbonyl (C=O) groups is 1. The van der Waals surface area contributed by atoms with Gasteiger partial charge in [0.05, 0.1) is 4.90 Å². The third-order valence-corrected chi connectivity index (χ3v) is 7.72. The molecule has 164 valence electrons. The lowest BCUT2D eigenvalue weighted by Crippen LogP contribution is -2.50. The molecule has 1 aromatic carbocycles. The molecule has 0 heterocycles. The van der Waals surface area contributed by atoms with Crippen LogP contribution in [0.2, 0.25) is 0 Å². The predicted molar refractivity (Wildman–Crippen MR) is 121 cm³/mol. The Kier molecular flexibility index (Phi) is 7.49. The highest BCUT2D eigenvalue weighted by molar-refractivity contribution is 7.89. The van der Waals surface area contributed by atoms with Crippen LogP contribution in [-0.4, -0.2) is 42.9 Å². The smallest absolute Gasteiger partial charge is 0.269 e. The fraction of sp³-hybridized carbons (Fsp3) is 0.524. The van der Waals surface area contributed by atoms with E-state index in [0.29, 0.717) is 41.6 Å². The maximum Gasteiger partial charge on any atom is 0.269 e. The Morgan fingerprint density at radius 3 is 2.27 bits per heavy atom. The summed E-state index contributed by atoms with van der Waals surface area (Å²) in [5.74, 6) is 0.750. The number of amides is 1. The first-order valence-electron chi connectivity index (χ1n) is 10.5. The summed E-state index contributed by atoms with van der Waals surface area (Å²) in [5, 5.41) is 3.63. The molecule has 0 radical (unpaired) electrons. The average molecular weight is 451 g/mol. The molecule has 0 spiro atoms. The third-order valence-electron chi connectivity index (χ3n) is 5.59. The second-order valence-corrected chi connectivity index (χ2v) is 10.2. The summed E-state index contributed by atoms with van der Waals surface area (Å²) in [6, 6.07) is 6.27. The second kappa shape index (κ2) is 9.89. The van der Waals surface area contributed by atoms with Gasteiger partial charge in [0.25, 0.3) is 5.91 Å². The molecule has 1 saturated carbocycles. The van der Waals surface area contributed by atoms with E-state index in [1.807, 2.05) is 13.8 Å². The SMILES string of the molecule is CCCN(CCC)S(=O)(=O)c1ccc(C(=O)NNC(=S)N[C@H]2C[C@H]3C=C[C@H]2C3)cc1. The first-order chi connectivity index (χ1) is 14.3. The molecule has 3 N–H and O–H groups in total. The highest BCUT2D eigenvalue weighted by Crippen LogP contribution is 2.38. The van der Waals surface area contributed by atoms with Gasteiger partial charge in [-0.3, -0.25) is 15.6 Å². The van der Waals surface area contributed by atoms with Crippen LogP contribution in [0.15, 0.2) is 41.3 Å². The largest absolute Gasteiger partial charge is 0.358 e. The van der Waals surface area contributed by atoms with Crippen LogP contribution in [0.25, 0.3) is 0 Å². The number of benzene rings is 1. The molecular formula is C21H30N4O3S2. The van der Waals surface area contributed by atoms with Crippen molar-refractivity contribution in [3.63, 3.8) is 0 Å². The van der Waals surface area contributed by atoms with Crippen LogP contribution >= 0.6 is 12.2 Å². The van der Waals surface area contributed by atoms with Crippen molar-refractivity contribution in [2.45, 2.75) is 50.5 Å². The fourth-order valence-corrected chi connectivity index (χ4v) is 5.94. The number of hydrogen-bond donors (Lipinski definition) is 3. The monoisotopic (exact) mass is 450 g/mol. The van der Waals surface area contributed by atoms with E-state index in [4.69, 9.17) is 12.2 Å². The Bertz CT molecular complexity index is 893. The molecule has 0 unspecified atom stereocenters. The lowest BCUT2D eigenvalue weighted by Gasteiger charge is -2.22. The van der Waals surface area contributed by atoms with Crippen LogP contribution in [0.5, 0.6) is 0 Å². The highest BCUT2D eigenvalue weighted by atomic mass is 32.2. The highest BCUT2D eigenvalue weighted by Gasteiger charge is 2.35. The number of fused-ring (bicyclic) bond motifs is 2. The van der Waals surface area contributed by atoms with Gasteiger partial charge in [0.2, 0.25) is 10.0 Å². The Balaban J connectivity index is 1.54. The van der Waals surface area contributed by atoms with E-state index in [0.717, 1.165) is 25.7 Å². The van der Waals surface area contributed by atoms with Crippen molar-refractivity contribution in [3.05, 3.63) is 42.0 Å². The van der Waals surface area contributed by atoms with Crippen LogP contribution in [0.1, 0.15) is 49.9 Å². The van der Waals surface area contributed by atoms with Crippen LogP contribution in [0.4, 0.5) is 0 Å². The first-order valence-corrected chi connectivity index (χ1v) is 12.3. The first kappa shape index (κ1) is 22.7. The van der Waals surface area contributed by atoms with E-state index < -0.39 is 10.0 Å². The maximum absolute atomic E-state index is 12.8. The van der Waals surface area contributed by atoms with Crippen molar-refractivity contribution >= 4 is 33.3 Å². The molecule has 3 atom stereocenters. The molecule has 2 aliphatic rings. The van der Waals surface area contributed by atoms with Crippen molar-refractivity contribution in [1.29, 1.82) is 0 Å². The number of hydrazine groups is 1. The Morgan fingerprint density at radius 2 is 1.73 bits per heavy atom. The zero-order valence-electron chi connectivity index (χ0n) is 17.4. The molecule has 0 saturated heterocycles. The minimum Gasteiger partial charge on any atom is -0.358 e. The number of sulfonamides is 1. The Hall–Kier alpha value is -1.97. The van der Waals surface area contributed by atoms with Crippen LogP contribution in [-0.2, 0) is 10.0 Å². The number of thiocarbonyl (C=S) groups is 1. The van der Waals surface area contributed by atoms with Crippen molar-refractivity contribution in [2.24, 2.45) is 11.8 Å². The van der Waals surface area contributed by atoms with Gasteiger partial charge in [0.1, 0.15) is 0 Å². The predicted octanol–water partition coefficient (Wildman–Crippen LogP) is 2.57. The molecule has 1 fully saturated rings. The molecule has 0 aromatic heterocycles. The standard InChI is InChI=1S/C21H30N4O3S2/c1-3-11-25(12-4-2)30(27,28)18-9-7-16(8-10-18)20(26)23-24-21(29)22-19-14-15-5-6-17(19)13-15/h5-10,15,17,19H,3-4,11-14H2,1-2H3,(H,23,26)(H2,22,24,29)/t15-,17-,19-/m0/s1. The van der Waals surface area contributed by atoms with Gasteiger partial charge < -0.3 is 5.32 Å². The molecular weight excluding hydrogens is 420 g/mol. The zero-order chi connectivity index (χ0) is 21.7. The van der Waals surface area contributed by atoms with Gasteiger partial charge in [-0.25, -0.2) is 8.42 Å². The van der Waals surface area contributed by atoms with E-state index in [9.17, 15) is 13.2 Å². The molecule has 7 nitrogen and oxygen atoms in total. The summed E-state index contributed by atoms with van der Waals surface area (Å²) in [4.78, 5) is 12.6. The topological polar surface area (TPSA) is 90.5 Å². The number of carbonyl (C=O) groups excluding carboxylic acids is 1. The number of rotatable bonds is 8. The van der Waals surface area contributed by atoms with Gasteiger partial charge >= 0.3 is 0 Å². The van der Waals surface area contributed by atoms with Gasteiger partial charge in [-0.15, -0.1) is 0 Å². The van der Waals surface area contributed by atoms with Gasteiger partial charge in [-0.1, -0.05) is 26.0 Å². The van der Waals surface area contributed by atoms with Crippen LogP contribution in [0, 0.1) is 11.8 Å². The quantitative estimate of drug-likeness (QED) is 0.320. The van der Waals surface area contributed by atoms with E-state index in [1.54, 1.807) is 0 Å². The molecule has 0 aliphatic heterocycles. The normalized spacial score (nSPS) is 22.3. The Labute approximate surface area is 184 Å². The van der Waals surface area contributed by atoms with Crippen LogP contribution < -0.4 is 16.2 Å². The number of nitrogens with zero attached hydrogens (tertiary/aromatic N) is 1. The molecule has 30 heavy (non-hydrogen) atoms. The number of nitrogens with one attached hydrogen (secondary N) is 3. The summed E-state index contributed by atoms with van der Waals surface area (Å²) >= 11 is 5.28. The van der Waals surface area contributed by atoms with Crippen molar-refractivity contribution < 1.29 is 13.2 Å². The van der Waals surface area contributed by atoms with Crippen LogP contribution in [0.3, 0.4) is 0 Å². The average Bonchev–Trinajstić information content (AvgIpc) is 3.35. The molecule has 2 aliphatic carbocycles. The van der Waals surface area contributed by atoms with E-state index >= 15 is 0 Å². The van der Waals surface area contributed by atoms with Gasteiger partial charge in [-0.2, -0.15) is 4.31 Å². The molecule has 1 aromatic rings. The van der Waals surface area contributed by atoms with E-state index in [1.165, 1.54) is 28.6 Å². The summed E-state index contributed by atoms with van der Waals surface area (Å²) in [5.41, 5.74) is 5.65. The third kappa shape index (κ3) is 5.19. The minimum absolute atomic E-state index is 0.190. The number of allylic oxidation sites excluding steroid dienone is 1. The van der Waals surface area contributed by atoms with E-state index in [2.05, 4.69) is 28.3 Å². The van der Waals surface area contributed by atoms with Crippen molar-refractivity contribution in [1.82, 2.24) is 20.5 Å². The summed E-state index contributed by atoms with van der Waals surface area (Å²) in [7, 11) is -3.56.